The largest absolute Gasteiger partial charge is 0.294 e. The zero-order valence-electron chi connectivity index (χ0n) is 24.3. The van der Waals surface area contributed by atoms with Gasteiger partial charge in [0.25, 0.3) is 0 Å². The Morgan fingerprint density at radius 2 is 0.667 bits per heavy atom. The molecule has 2 aliphatic heterocycles. The minimum Gasteiger partial charge on any atom is -0.294 e. The second-order valence-corrected chi connectivity index (χ2v) is 12.4. The minimum absolute atomic E-state index is 0.105. The molecule has 4 nitrogen and oxygen atoms in total. The second kappa shape index (κ2) is 8.77. The van der Waals surface area contributed by atoms with Crippen molar-refractivity contribution in [3.63, 3.8) is 0 Å². The molecule has 0 atom stereocenters. The molecular formula is C38H32N4. The fraction of sp³-hybridized carbons (Fsp3) is 0.158. The summed E-state index contributed by atoms with van der Waals surface area (Å²) in [5, 5.41) is 0. The van der Waals surface area contributed by atoms with Gasteiger partial charge in [0.2, 0.25) is 0 Å². The first-order chi connectivity index (χ1) is 20.4. The van der Waals surface area contributed by atoms with Crippen molar-refractivity contribution in [3.05, 3.63) is 144 Å². The highest BCUT2D eigenvalue weighted by Gasteiger charge is 2.38. The lowest BCUT2D eigenvalue weighted by molar-refractivity contribution is 0.631. The zero-order chi connectivity index (χ0) is 28.6. The van der Waals surface area contributed by atoms with E-state index >= 15 is 0 Å². The van der Waals surface area contributed by atoms with Gasteiger partial charge in [0.15, 0.2) is 0 Å². The van der Waals surface area contributed by atoms with E-state index in [1.165, 1.54) is 45.0 Å². The van der Waals surface area contributed by atoms with E-state index in [1.807, 2.05) is 0 Å². The van der Waals surface area contributed by atoms with Crippen LogP contribution < -0.4 is 9.80 Å². The average molecular weight is 545 g/mol. The van der Waals surface area contributed by atoms with Crippen LogP contribution in [0.4, 0.5) is 34.4 Å². The van der Waals surface area contributed by atoms with Gasteiger partial charge in [-0.1, -0.05) is 100 Å². The highest BCUT2D eigenvalue weighted by molar-refractivity contribution is 5.90. The highest BCUT2D eigenvalue weighted by Crippen LogP contribution is 2.53. The van der Waals surface area contributed by atoms with Crippen molar-refractivity contribution in [2.24, 2.45) is 0 Å². The fourth-order valence-electron chi connectivity index (χ4n) is 7.07. The molecule has 0 saturated carbocycles. The molecule has 0 spiro atoms. The molecule has 0 unspecified atom stereocenters. The molecule has 0 N–H and O–H groups in total. The summed E-state index contributed by atoms with van der Waals surface area (Å²) in [6, 6.07) is 43.1. The Hall–Kier alpha value is -4.96. The van der Waals surface area contributed by atoms with Gasteiger partial charge in [0, 0.05) is 10.8 Å². The first-order valence-corrected chi connectivity index (χ1v) is 14.6. The maximum absolute atomic E-state index is 5.19. The van der Waals surface area contributed by atoms with Crippen LogP contribution in [-0.2, 0) is 10.8 Å². The van der Waals surface area contributed by atoms with Gasteiger partial charge < -0.3 is 0 Å². The first-order valence-electron chi connectivity index (χ1n) is 14.6. The molecule has 2 aromatic heterocycles. The lowest BCUT2D eigenvalue weighted by Gasteiger charge is -2.41. The number of hydrogen-bond acceptors (Lipinski definition) is 4. The molecule has 0 bridgehead atoms. The third kappa shape index (κ3) is 3.41. The summed E-state index contributed by atoms with van der Waals surface area (Å²) >= 11 is 0. The Morgan fingerprint density at radius 1 is 0.381 bits per heavy atom. The SMILES string of the molecule is CC1(C)c2ccccc2N(c2ccc3nc(N4c5ccccc5C(C)(C)c5ccccc54)ccc3n2)c2ccccc21. The number of nitrogens with zero attached hydrogens (tertiary/aromatic N) is 4. The van der Waals surface area contributed by atoms with Crippen molar-refractivity contribution in [1.29, 1.82) is 0 Å². The van der Waals surface area contributed by atoms with E-state index in [4.69, 9.17) is 9.97 Å². The van der Waals surface area contributed by atoms with E-state index in [0.29, 0.717) is 0 Å². The number of aromatic nitrogens is 2. The van der Waals surface area contributed by atoms with E-state index in [0.717, 1.165) is 22.7 Å². The summed E-state index contributed by atoms with van der Waals surface area (Å²) in [7, 11) is 0. The molecule has 4 heteroatoms. The van der Waals surface area contributed by atoms with Gasteiger partial charge in [-0.15, -0.1) is 0 Å². The summed E-state index contributed by atoms with van der Waals surface area (Å²) in [4.78, 5) is 15.0. The third-order valence-electron chi connectivity index (χ3n) is 9.24. The molecular weight excluding hydrogens is 512 g/mol. The van der Waals surface area contributed by atoms with Crippen molar-refractivity contribution in [2.75, 3.05) is 9.80 Å². The van der Waals surface area contributed by atoms with Gasteiger partial charge >= 0.3 is 0 Å². The van der Waals surface area contributed by atoms with Crippen LogP contribution in [0.2, 0.25) is 0 Å². The summed E-state index contributed by atoms with van der Waals surface area (Å²) in [5.41, 5.74) is 11.4. The number of pyridine rings is 2. The Balaban J connectivity index is 1.27. The summed E-state index contributed by atoms with van der Waals surface area (Å²) in [5.74, 6) is 1.78. The number of fused-ring (bicyclic) bond motifs is 5. The number of benzene rings is 4. The summed E-state index contributed by atoms with van der Waals surface area (Å²) in [6.07, 6.45) is 0. The molecule has 0 aliphatic carbocycles. The maximum Gasteiger partial charge on any atom is 0.138 e. The van der Waals surface area contributed by atoms with Gasteiger partial charge in [-0.2, -0.15) is 0 Å². The van der Waals surface area contributed by atoms with Gasteiger partial charge in [-0.3, -0.25) is 9.80 Å². The van der Waals surface area contributed by atoms with Gasteiger partial charge in [0.05, 0.1) is 33.8 Å². The lowest BCUT2D eigenvalue weighted by atomic mass is 9.73. The standard InChI is InChI=1S/C38H32N4/c1-37(2)25-13-5-9-17-31(25)41(32-18-10-6-14-26(32)37)35-23-21-30-29(39-35)22-24-36(40-30)42-33-19-11-7-15-27(33)38(3,4)28-16-8-12-20-34(28)42/h5-24H,1-4H3. The second-order valence-electron chi connectivity index (χ2n) is 12.4. The van der Waals surface area contributed by atoms with Crippen LogP contribution in [0.25, 0.3) is 11.0 Å². The fourth-order valence-corrected chi connectivity index (χ4v) is 7.07. The van der Waals surface area contributed by atoms with Crippen LogP contribution in [-0.4, -0.2) is 9.97 Å². The highest BCUT2D eigenvalue weighted by atomic mass is 15.2. The molecule has 2 aliphatic rings. The Bertz CT molecular complexity index is 1780. The van der Waals surface area contributed by atoms with E-state index in [9.17, 15) is 0 Å². The van der Waals surface area contributed by atoms with Crippen LogP contribution in [0.1, 0.15) is 49.9 Å². The maximum atomic E-state index is 5.19. The van der Waals surface area contributed by atoms with Crippen LogP contribution in [0, 0.1) is 0 Å². The number of anilines is 6. The quantitative estimate of drug-likeness (QED) is 0.217. The Labute approximate surface area is 246 Å². The molecule has 0 radical (unpaired) electrons. The zero-order valence-corrected chi connectivity index (χ0v) is 24.3. The van der Waals surface area contributed by atoms with E-state index < -0.39 is 0 Å². The van der Waals surface area contributed by atoms with E-state index in [2.05, 4.69) is 159 Å². The number of hydrogen-bond donors (Lipinski definition) is 0. The molecule has 204 valence electrons. The molecule has 0 amide bonds. The molecule has 6 aromatic rings. The summed E-state index contributed by atoms with van der Waals surface area (Å²) < 4.78 is 0. The smallest absolute Gasteiger partial charge is 0.138 e. The van der Waals surface area contributed by atoms with Crippen molar-refractivity contribution in [2.45, 2.75) is 38.5 Å². The average Bonchev–Trinajstić information content (AvgIpc) is 3.01. The Morgan fingerprint density at radius 3 is 0.976 bits per heavy atom. The predicted molar refractivity (Wildman–Crippen MR) is 173 cm³/mol. The van der Waals surface area contributed by atoms with E-state index in [1.54, 1.807) is 0 Å². The van der Waals surface area contributed by atoms with Crippen LogP contribution in [0.5, 0.6) is 0 Å². The third-order valence-corrected chi connectivity index (χ3v) is 9.24. The summed E-state index contributed by atoms with van der Waals surface area (Å²) in [6.45, 7) is 9.22. The van der Waals surface area contributed by atoms with Gasteiger partial charge in [-0.25, -0.2) is 9.97 Å². The lowest BCUT2D eigenvalue weighted by Crippen LogP contribution is -2.31. The first kappa shape index (κ1) is 24.8. The van der Waals surface area contributed by atoms with Gasteiger partial charge in [-0.05, 0) is 70.8 Å². The molecule has 0 fully saturated rings. The topological polar surface area (TPSA) is 32.3 Å². The van der Waals surface area contributed by atoms with E-state index in [-0.39, 0.29) is 10.8 Å². The van der Waals surface area contributed by atoms with Crippen LogP contribution >= 0.6 is 0 Å². The molecule has 8 rings (SSSR count). The molecule has 42 heavy (non-hydrogen) atoms. The minimum atomic E-state index is -0.105. The van der Waals surface area contributed by atoms with Crippen LogP contribution in [0.15, 0.2) is 121 Å². The molecule has 4 heterocycles. The Kier molecular flexibility index (Phi) is 5.18. The number of rotatable bonds is 2. The predicted octanol–water partition coefficient (Wildman–Crippen LogP) is 9.85. The van der Waals surface area contributed by atoms with Crippen molar-refractivity contribution in [1.82, 2.24) is 9.97 Å². The molecule has 0 saturated heterocycles. The van der Waals surface area contributed by atoms with Crippen molar-refractivity contribution < 1.29 is 0 Å². The van der Waals surface area contributed by atoms with Crippen molar-refractivity contribution in [3.8, 4) is 0 Å². The van der Waals surface area contributed by atoms with Crippen LogP contribution in [0.3, 0.4) is 0 Å². The molecule has 4 aromatic carbocycles. The monoisotopic (exact) mass is 544 g/mol. The van der Waals surface area contributed by atoms with Crippen molar-refractivity contribution >= 4 is 45.4 Å². The van der Waals surface area contributed by atoms with Gasteiger partial charge in [0.1, 0.15) is 11.6 Å². The number of para-hydroxylation sites is 4. The normalized spacial score (nSPS) is 15.9.